The van der Waals surface area contributed by atoms with E-state index in [0.717, 1.165) is 59.0 Å². The number of carboxylic acids is 1. The molecule has 1 saturated heterocycles. The van der Waals surface area contributed by atoms with Crippen molar-refractivity contribution in [1.29, 1.82) is 0 Å². The number of carbonyl (C=O) groups is 1. The number of aliphatic carboxylic acids is 1. The van der Waals surface area contributed by atoms with Crippen LogP contribution in [-0.4, -0.2) is 41.1 Å². The molecule has 0 unspecified atom stereocenters. The minimum absolute atomic E-state index is 0. The first-order chi connectivity index (χ1) is 21.5. The first kappa shape index (κ1) is 32.8. The molecular formula is C37H34BrN3NiO3. The molecule has 0 spiro atoms. The zero-order valence-corrected chi connectivity index (χ0v) is 27.3. The number of aryl methyl sites for hydroxylation is 1. The van der Waals surface area contributed by atoms with Gasteiger partial charge in [-0.05, 0) is 79.4 Å². The summed E-state index contributed by atoms with van der Waals surface area (Å²) < 4.78 is 0.906. The van der Waals surface area contributed by atoms with Crippen molar-refractivity contribution < 1.29 is 31.5 Å². The molecule has 3 atom stereocenters. The average molecular weight is 707 g/mol. The van der Waals surface area contributed by atoms with Gasteiger partial charge in [0.05, 0.1) is 23.4 Å². The van der Waals surface area contributed by atoms with E-state index in [-0.39, 0.29) is 34.3 Å². The molecule has 0 radical (unpaired) electrons. The minimum Gasteiger partial charge on any atom is -0.861 e. The van der Waals surface area contributed by atoms with E-state index in [2.05, 4.69) is 44.0 Å². The molecule has 2 aliphatic rings. The number of halogens is 1. The fourth-order valence-corrected chi connectivity index (χ4v) is 6.93. The molecule has 1 aliphatic heterocycles. The first-order valence-corrected chi connectivity index (χ1v) is 16.0. The zero-order chi connectivity index (χ0) is 30.5. The summed E-state index contributed by atoms with van der Waals surface area (Å²) in [5, 5.41) is 26.5. The second kappa shape index (κ2) is 15.1. The summed E-state index contributed by atoms with van der Waals surface area (Å²) in [6.07, 6.45) is 4.15. The van der Waals surface area contributed by atoms with E-state index in [0.29, 0.717) is 29.9 Å². The van der Waals surface area contributed by atoms with Crippen LogP contribution in [0, 0.1) is 0 Å². The van der Waals surface area contributed by atoms with E-state index < -0.39 is 12.0 Å². The molecule has 1 aliphatic carbocycles. The Morgan fingerprint density at radius 1 is 0.889 bits per heavy atom. The summed E-state index contributed by atoms with van der Waals surface area (Å²) >= 11 is 3.56. The molecule has 1 heterocycles. The number of carboxylic acid groups (broad SMARTS) is 1. The van der Waals surface area contributed by atoms with Crippen LogP contribution in [0.25, 0.3) is 0 Å². The number of rotatable bonds is 9. The van der Waals surface area contributed by atoms with E-state index in [1.54, 1.807) is 0 Å². The van der Waals surface area contributed by atoms with Crippen molar-refractivity contribution in [1.82, 2.24) is 4.90 Å². The van der Waals surface area contributed by atoms with Crippen molar-refractivity contribution in [3.05, 3.63) is 135 Å². The molecule has 45 heavy (non-hydrogen) atoms. The molecule has 1 fully saturated rings. The molecule has 6 rings (SSSR count). The summed E-state index contributed by atoms with van der Waals surface area (Å²) in [7, 11) is 0. The Bertz CT molecular complexity index is 1680. The minimum atomic E-state index is -1.22. The van der Waals surface area contributed by atoms with Crippen molar-refractivity contribution in [2.45, 2.75) is 56.7 Å². The molecule has 4 aromatic rings. The molecule has 6 nitrogen and oxygen atoms in total. The van der Waals surface area contributed by atoms with Gasteiger partial charge in [0.1, 0.15) is 0 Å². The number of hydrogen-bond donors (Lipinski definition) is 0. The van der Waals surface area contributed by atoms with E-state index in [9.17, 15) is 15.0 Å². The summed E-state index contributed by atoms with van der Waals surface area (Å²) in [4.78, 5) is 24.6. The van der Waals surface area contributed by atoms with Gasteiger partial charge >= 0.3 is 16.5 Å². The van der Waals surface area contributed by atoms with E-state index in [4.69, 9.17) is 4.99 Å². The third-order valence-corrected chi connectivity index (χ3v) is 9.17. The largest absolute Gasteiger partial charge is 2.00 e. The molecule has 4 aromatic carbocycles. The maximum absolute atomic E-state index is 13.7. The Morgan fingerprint density at radius 3 is 2.36 bits per heavy atom. The number of likely N-dealkylation sites (tertiary alicyclic amines) is 1. The number of fused-ring (bicyclic) bond motifs is 1. The molecule has 0 aromatic heterocycles. The van der Waals surface area contributed by atoms with Crippen LogP contribution in [0.4, 0.5) is 5.69 Å². The third-order valence-electron chi connectivity index (χ3n) is 8.67. The van der Waals surface area contributed by atoms with Gasteiger partial charge in [0, 0.05) is 34.1 Å². The van der Waals surface area contributed by atoms with Crippen LogP contribution < -0.4 is 10.2 Å². The Kier molecular flexibility index (Phi) is 11.0. The molecule has 232 valence electrons. The van der Waals surface area contributed by atoms with Crippen LogP contribution in [-0.2, 0) is 34.3 Å². The second-order valence-corrected chi connectivity index (χ2v) is 12.4. The smallest absolute Gasteiger partial charge is 0.861 e. The molecule has 0 bridgehead atoms. The summed E-state index contributed by atoms with van der Waals surface area (Å²) in [6, 6.07) is 31.7. The van der Waals surface area contributed by atoms with Crippen LogP contribution in [0.2, 0.25) is 0 Å². The van der Waals surface area contributed by atoms with Gasteiger partial charge in [-0.15, -0.1) is 0 Å². The van der Waals surface area contributed by atoms with Gasteiger partial charge in [-0.25, -0.2) is 0 Å². The number of benzene rings is 4. The van der Waals surface area contributed by atoms with Crippen LogP contribution in [0.5, 0.6) is 0 Å². The fourth-order valence-electron chi connectivity index (χ4n) is 6.55. The van der Waals surface area contributed by atoms with Gasteiger partial charge in [0.25, 0.3) is 0 Å². The van der Waals surface area contributed by atoms with Crippen molar-refractivity contribution in [3.63, 3.8) is 0 Å². The maximum Gasteiger partial charge on any atom is 2.00 e. The predicted octanol–water partition coefficient (Wildman–Crippen LogP) is 5.58. The Balaban J connectivity index is 0.00000400. The SMILES string of the molecule is O=C([O-])[C@@H](N=C(c1ccccc1)c1ccccc1N=C([O-])[C@@H]1CCCN1Cc1ccccc1)[C@@H]1CCCc2ccc(Br)cc21.[Ni+2]. The Labute approximate surface area is 283 Å². The van der Waals surface area contributed by atoms with Gasteiger partial charge in [-0.2, -0.15) is 0 Å². The number of carbonyl (C=O) groups excluding carboxylic acids is 1. The summed E-state index contributed by atoms with van der Waals surface area (Å²) in [5.41, 5.74) is 5.64. The van der Waals surface area contributed by atoms with Crippen LogP contribution in [0.3, 0.4) is 0 Å². The zero-order valence-electron chi connectivity index (χ0n) is 24.8. The van der Waals surface area contributed by atoms with Crippen LogP contribution >= 0.6 is 15.9 Å². The first-order valence-electron chi connectivity index (χ1n) is 15.2. The summed E-state index contributed by atoms with van der Waals surface area (Å²) in [6.45, 7) is 1.53. The summed E-state index contributed by atoms with van der Waals surface area (Å²) in [5.74, 6) is -1.75. The van der Waals surface area contributed by atoms with Gasteiger partial charge in [0.15, 0.2) is 0 Å². The molecule has 8 heteroatoms. The van der Waals surface area contributed by atoms with Gasteiger partial charge in [-0.3, -0.25) is 14.9 Å². The van der Waals surface area contributed by atoms with Crippen molar-refractivity contribution in [2.24, 2.45) is 9.98 Å². The molecule has 0 amide bonds. The van der Waals surface area contributed by atoms with Gasteiger partial charge < -0.3 is 15.0 Å². The maximum atomic E-state index is 13.7. The van der Waals surface area contributed by atoms with Crippen molar-refractivity contribution in [3.8, 4) is 0 Å². The Hall–Kier alpha value is -3.58. The molecular weight excluding hydrogens is 673 g/mol. The molecule has 0 saturated carbocycles. The number of hydrogen-bond acceptors (Lipinski definition) is 6. The monoisotopic (exact) mass is 705 g/mol. The van der Waals surface area contributed by atoms with Crippen molar-refractivity contribution >= 4 is 39.2 Å². The van der Waals surface area contributed by atoms with Crippen LogP contribution in [0.15, 0.2) is 118 Å². The Morgan fingerprint density at radius 2 is 1.60 bits per heavy atom. The molecule has 0 N–H and O–H groups in total. The number of aliphatic imine (C=N–C) groups is 2. The van der Waals surface area contributed by atoms with Crippen LogP contribution in [0.1, 0.15) is 59.4 Å². The van der Waals surface area contributed by atoms with Gasteiger partial charge in [0.2, 0.25) is 0 Å². The van der Waals surface area contributed by atoms with E-state index >= 15 is 0 Å². The standard InChI is InChI=1S/C37H36BrN3O3.Ni/c38-28-21-20-26-15-9-17-29(31(26)23-28)35(37(43)44)40-34(27-13-5-2-6-14-27)30-16-7-8-18-32(30)39-36(42)33-19-10-22-41(33)24-25-11-3-1-4-12-25;/h1-8,11-14,16,18,20-21,23,29,33,35H,9-10,15,17,19,22,24H2,(H,39,42)(H,43,44);/q;+2/p-2/t29-,33+,35+;/m1./s1. The van der Waals surface area contributed by atoms with Gasteiger partial charge in [-0.1, -0.05) is 101 Å². The third kappa shape index (κ3) is 7.63. The predicted molar refractivity (Wildman–Crippen MR) is 174 cm³/mol. The second-order valence-electron chi connectivity index (χ2n) is 11.5. The average Bonchev–Trinajstić information content (AvgIpc) is 3.51. The van der Waals surface area contributed by atoms with E-state index in [1.165, 1.54) is 0 Å². The van der Waals surface area contributed by atoms with Crippen molar-refractivity contribution in [2.75, 3.05) is 6.54 Å². The quantitative estimate of drug-likeness (QED) is 0.129. The number of nitrogens with zero attached hydrogens (tertiary/aromatic N) is 3. The normalized spacial score (nSPS) is 19.4. The topological polar surface area (TPSA) is 91.1 Å². The fraction of sp³-hybridized carbons (Fsp3) is 0.270. The number of para-hydroxylation sites is 1. The van der Waals surface area contributed by atoms with E-state index in [1.807, 2.05) is 84.9 Å².